The van der Waals surface area contributed by atoms with Crippen molar-refractivity contribution in [1.82, 2.24) is 9.55 Å². The largest absolute Gasteiger partial charge is 0.327 e. The summed E-state index contributed by atoms with van der Waals surface area (Å²) in [5.74, 6) is 0.938. The molecule has 2 aromatic carbocycles. The Morgan fingerprint density at radius 3 is 2.65 bits per heavy atom. The zero-order chi connectivity index (χ0) is 14.3. The Kier molecular flexibility index (Phi) is 3.67. The molecule has 0 bridgehead atoms. The van der Waals surface area contributed by atoms with Crippen LogP contribution in [0.1, 0.15) is 5.56 Å². The molecule has 102 valence electrons. The summed E-state index contributed by atoms with van der Waals surface area (Å²) in [6.07, 6.45) is 0. The summed E-state index contributed by atoms with van der Waals surface area (Å²) in [5, 5.41) is 0. The number of nitrogens with zero attached hydrogens (tertiary/aromatic N) is 2. The van der Waals surface area contributed by atoms with Crippen LogP contribution in [-0.4, -0.2) is 9.55 Å². The van der Waals surface area contributed by atoms with Gasteiger partial charge in [0.2, 0.25) is 0 Å². The quantitative estimate of drug-likeness (QED) is 0.706. The van der Waals surface area contributed by atoms with Gasteiger partial charge in [-0.2, -0.15) is 0 Å². The molecule has 0 unspecified atom stereocenters. The van der Waals surface area contributed by atoms with Crippen LogP contribution in [0.15, 0.2) is 45.3 Å². The molecule has 1 heterocycles. The maximum atomic E-state index is 5.71. The van der Waals surface area contributed by atoms with E-state index < -0.39 is 0 Å². The number of aromatic nitrogens is 2. The molecule has 0 radical (unpaired) electrons. The molecule has 3 aromatic rings. The highest BCUT2D eigenvalue weighted by atomic mass is 79.9. The standard InChI is InChI=1S/C15H13Br2N3/c1-20-14-6-9(8-18)2-5-13(14)19-15(20)11-4-3-10(16)7-12(11)17/h2-7H,8,18H2,1H3. The van der Waals surface area contributed by atoms with Crippen LogP contribution in [-0.2, 0) is 13.6 Å². The molecular weight excluding hydrogens is 382 g/mol. The lowest BCUT2D eigenvalue weighted by Crippen LogP contribution is -1.97. The average molecular weight is 395 g/mol. The summed E-state index contributed by atoms with van der Waals surface area (Å²) in [7, 11) is 2.03. The Morgan fingerprint density at radius 2 is 1.95 bits per heavy atom. The van der Waals surface area contributed by atoms with Crippen molar-refractivity contribution in [3.05, 3.63) is 50.9 Å². The van der Waals surface area contributed by atoms with Crippen LogP contribution in [0.5, 0.6) is 0 Å². The molecule has 3 nitrogen and oxygen atoms in total. The number of nitrogens with two attached hydrogens (primary N) is 1. The van der Waals surface area contributed by atoms with Crippen molar-refractivity contribution in [2.24, 2.45) is 12.8 Å². The fourth-order valence-electron chi connectivity index (χ4n) is 2.27. The van der Waals surface area contributed by atoms with Gasteiger partial charge in [0.05, 0.1) is 11.0 Å². The lowest BCUT2D eigenvalue weighted by Gasteiger charge is -2.06. The minimum Gasteiger partial charge on any atom is -0.327 e. The van der Waals surface area contributed by atoms with Gasteiger partial charge >= 0.3 is 0 Å². The van der Waals surface area contributed by atoms with Gasteiger partial charge in [0.25, 0.3) is 0 Å². The molecule has 0 aliphatic heterocycles. The van der Waals surface area contributed by atoms with Crippen molar-refractivity contribution in [2.45, 2.75) is 6.54 Å². The van der Waals surface area contributed by atoms with E-state index in [-0.39, 0.29) is 0 Å². The summed E-state index contributed by atoms with van der Waals surface area (Å²) in [4.78, 5) is 4.73. The zero-order valence-electron chi connectivity index (χ0n) is 10.9. The third-order valence-corrected chi connectivity index (χ3v) is 4.50. The number of hydrogen-bond donors (Lipinski definition) is 1. The van der Waals surface area contributed by atoms with Gasteiger partial charge in [-0.25, -0.2) is 4.98 Å². The van der Waals surface area contributed by atoms with Crippen LogP contribution < -0.4 is 5.73 Å². The van der Waals surface area contributed by atoms with E-state index in [0.717, 1.165) is 36.9 Å². The van der Waals surface area contributed by atoms with Gasteiger partial charge < -0.3 is 10.3 Å². The summed E-state index contributed by atoms with van der Waals surface area (Å²) >= 11 is 7.07. The molecule has 0 saturated carbocycles. The maximum absolute atomic E-state index is 5.71. The zero-order valence-corrected chi connectivity index (χ0v) is 14.1. The van der Waals surface area contributed by atoms with Gasteiger partial charge in [-0.05, 0) is 51.8 Å². The van der Waals surface area contributed by atoms with Crippen LogP contribution in [0, 0.1) is 0 Å². The van der Waals surface area contributed by atoms with Crippen molar-refractivity contribution in [2.75, 3.05) is 0 Å². The van der Waals surface area contributed by atoms with Crippen LogP contribution in [0.2, 0.25) is 0 Å². The van der Waals surface area contributed by atoms with Crippen LogP contribution in [0.4, 0.5) is 0 Å². The van der Waals surface area contributed by atoms with Crippen molar-refractivity contribution >= 4 is 42.9 Å². The van der Waals surface area contributed by atoms with E-state index in [1.807, 2.05) is 31.3 Å². The Balaban J connectivity index is 2.24. The number of fused-ring (bicyclic) bond motifs is 1. The molecule has 0 aliphatic rings. The van der Waals surface area contributed by atoms with Gasteiger partial charge in [-0.15, -0.1) is 0 Å². The third kappa shape index (κ3) is 2.30. The van der Waals surface area contributed by atoms with E-state index in [1.165, 1.54) is 0 Å². The summed E-state index contributed by atoms with van der Waals surface area (Å²) in [5.41, 5.74) is 9.97. The minimum absolute atomic E-state index is 0.540. The third-order valence-electron chi connectivity index (χ3n) is 3.35. The number of hydrogen-bond acceptors (Lipinski definition) is 2. The molecule has 5 heteroatoms. The van der Waals surface area contributed by atoms with E-state index in [4.69, 9.17) is 10.7 Å². The van der Waals surface area contributed by atoms with Gasteiger partial charge in [0.15, 0.2) is 0 Å². The van der Waals surface area contributed by atoms with Crippen molar-refractivity contribution in [3.8, 4) is 11.4 Å². The summed E-state index contributed by atoms with van der Waals surface area (Å²) in [6, 6.07) is 12.2. The fourth-order valence-corrected chi connectivity index (χ4v) is 3.50. The smallest absolute Gasteiger partial charge is 0.142 e. The Bertz CT molecular complexity index is 793. The highest BCUT2D eigenvalue weighted by Gasteiger charge is 2.13. The minimum atomic E-state index is 0.540. The predicted molar refractivity (Wildman–Crippen MR) is 89.4 cm³/mol. The van der Waals surface area contributed by atoms with Crippen molar-refractivity contribution < 1.29 is 0 Å². The normalized spacial score (nSPS) is 11.2. The highest BCUT2D eigenvalue weighted by molar-refractivity contribution is 9.11. The second-order valence-electron chi connectivity index (χ2n) is 4.65. The topological polar surface area (TPSA) is 43.8 Å². The Labute approximate surface area is 134 Å². The van der Waals surface area contributed by atoms with Crippen LogP contribution in [0.25, 0.3) is 22.4 Å². The molecule has 1 aromatic heterocycles. The van der Waals surface area contributed by atoms with E-state index >= 15 is 0 Å². The SMILES string of the molecule is Cn1c(-c2ccc(Br)cc2Br)nc2ccc(CN)cc21. The highest BCUT2D eigenvalue weighted by Crippen LogP contribution is 2.32. The predicted octanol–water partition coefficient (Wildman–Crippen LogP) is 4.22. The first-order valence-corrected chi connectivity index (χ1v) is 7.79. The Morgan fingerprint density at radius 1 is 1.15 bits per heavy atom. The number of benzene rings is 2. The van der Waals surface area contributed by atoms with E-state index in [0.29, 0.717) is 6.54 Å². The van der Waals surface area contributed by atoms with Gasteiger partial charge in [-0.1, -0.05) is 22.0 Å². The average Bonchev–Trinajstić information content (AvgIpc) is 2.76. The number of imidazole rings is 1. The first kappa shape index (κ1) is 13.8. The van der Waals surface area contributed by atoms with Crippen molar-refractivity contribution in [3.63, 3.8) is 0 Å². The van der Waals surface area contributed by atoms with Gasteiger partial charge in [-0.3, -0.25) is 0 Å². The molecule has 0 atom stereocenters. The second-order valence-corrected chi connectivity index (χ2v) is 6.42. The molecule has 2 N–H and O–H groups in total. The monoisotopic (exact) mass is 393 g/mol. The molecule has 3 rings (SSSR count). The molecule has 0 amide bonds. The molecule has 0 aliphatic carbocycles. The van der Waals surface area contributed by atoms with Crippen molar-refractivity contribution in [1.29, 1.82) is 0 Å². The van der Waals surface area contributed by atoms with Gasteiger partial charge in [0, 0.05) is 28.1 Å². The molecule has 0 fully saturated rings. The molecular formula is C15H13Br2N3. The van der Waals surface area contributed by atoms with Crippen LogP contribution >= 0.6 is 31.9 Å². The first-order valence-electron chi connectivity index (χ1n) is 6.21. The number of halogens is 2. The Hall–Kier alpha value is -1.17. The summed E-state index contributed by atoms with van der Waals surface area (Å²) < 4.78 is 4.16. The first-order chi connectivity index (χ1) is 9.60. The van der Waals surface area contributed by atoms with Gasteiger partial charge in [0.1, 0.15) is 5.82 Å². The molecule has 20 heavy (non-hydrogen) atoms. The van der Waals surface area contributed by atoms with E-state index in [9.17, 15) is 0 Å². The van der Waals surface area contributed by atoms with E-state index in [2.05, 4.69) is 48.6 Å². The maximum Gasteiger partial charge on any atom is 0.142 e. The van der Waals surface area contributed by atoms with Crippen LogP contribution in [0.3, 0.4) is 0 Å². The number of rotatable bonds is 2. The number of aryl methyl sites for hydroxylation is 1. The summed E-state index contributed by atoms with van der Waals surface area (Å²) in [6.45, 7) is 0.540. The molecule has 0 saturated heterocycles. The lowest BCUT2D eigenvalue weighted by molar-refractivity contribution is 0.955. The second kappa shape index (κ2) is 5.31. The lowest BCUT2D eigenvalue weighted by atomic mass is 10.2. The fraction of sp³-hybridized carbons (Fsp3) is 0.133. The molecule has 0 spiro atoms. The van der Waals surface area contributed by atoms with E-state index in [1.54, 1.807) is 0 Å².